The zero-order chi connectivity index (χ0) is 22.4. The smallest absolute Gasteiger partial charge is 0.303 e. The van der Waals surface area contributed by atoms with Gasteiger partial charge in [0.15, 0.2) is 17.7 Å². The molecule has 0 bridgehead atoms. The number of benzene rings is 1. The van der Waals surface area contributed by atoms with E-state index in [1.54, 1.807) is 0 Å². The van der Waals surface area contributed by atoms with Crippen LogP contribution in [0.4, 0.5) is 5.82 Å². The van der Waals surface area contributed by atoms with Gasteiger partial charge < -0.3 is 30.5 Å². The number of aliphatic hydroxyl groups is 2. The highest BCUT2D eigenvalue weighted by Crippen LogP contribution is 2.44. The molecule has 6 atom stereocenters. The van der Waals surface area contributed by atoms with Crippen molar-refractivity contribution in [1.29, 1.82) is 0 Å². The summed E-state index contributed by atoms with van der Waals surface area (Å²) in [6.07, 6.45) is -1.17. The molecule has 1 aliphatic heterocycles. The van der Waals surface area contributed by atoms with Crippen LogP contribution < -0.4 is 5.73 Å². The summed E-state index contributed by atoms with van der Waals surface area (Å²) in [5.74, 6) is -0.788. The number of imidazole rings is 1. The van der Waals surface area contributed by atoms with Crippen LogP contribution in [0.15, 0.2) is 36.9 Å². The van der Waals surface area contributed by atoms with Crippen molar-refractivity contribution in [3.63, 3.8) is 0 Å². The molecular weight excluding hydrogens is 418 g/mol. The third-order valence-electron chi connectivity index (χ3n) is 6.16. The fraction of sp³-hybridized carbons (Fsp3) is 0.429. The molecule has 168 valence electrons. The highest BCUT2D eigenvalue weighted by molar-refractivity contribution is 5.81. The predicted octanol–water partition coefficient (Wildman–Crippen LogP) is 0.748. The monoisotopic (exact) mass is 441 g/mol. The van der Waals surface area contributed by atoms with E-state index in [-0.39, 0.29) is 30.9 Å². The van der Waals surface area contributed by atoms with Gasteiger partial charge in [0.05, 0.1) is 25.5 Å². The van der Waals surface area contributed by atoms with E-state index in [9.17, 15) is 20.1 Å². The Bertz CT molecular complexity index is 1150. The van der Waals surface area contributed by atoms with Crippen LogP contribution in [-0.2, 0) is 14.3 Å². The summed E-state index contributed by atoms with van der Waals surface area (Å²) < 4.78 is 13.5. The maximum absolute atomic E-state index is 11.2. The topological polar surface area (TPSA) is 166 Å². The molecule has 0 amide bonds. The fourth-order valence-electron chi connectivity index (χ4n) is 4.61. The van der Waals surface area contributed by atoms with Crippen LogP contribution in [0.3, 0.4) is 0 Å². The number of hydrogen-bond donors (Lipinski definition) is 4. The number of hydrogen-bond acceptors (Lipinski definition) is 9. The van der Waals surface area contributed by atoms with E-state index < -0.39 is 30.5 Å². The number of ether oxygens (including phenoxy) is 2. The molecule has 3 heterocycles. The SMILES string of the molecule is Nc1ncnc2c1ncn2[C@@H]1O[C@H](COC2CC(CC(=O)O)c3ccccc32)[C@@H](O)[C@H]1O. The first-order valence-corrected chi connectivity index (χ1v) is 10.3. The van der Waals surface area contributed by atoms with Gasteiger partial charge in [-0.15, -0.1) is 0 Å². The van der Waals surface area contributed by atoms with Gasteiger partial charge in [-0.3, -0.25) is 9.36 Å². The van der Waals surface area contributed by atoms with Gasteiger partial charge in [-0.2, -0.15) is 0 Å². The van der Waals surface area contributed by atoms with Crippen molar-refractivity contribution in [1.82, 2.24) is 19.5 Å². The highest BCUT2D eigenvalue weighted by atomic mass is 16.6. The lowest BCUT2D eigenvalue weighted by atomic mass is 9.98. The summed E-state index contributed by atoms with van der Waals surface area (Å²) in [7, 11) is 0. The van der Waals surface area contributed by atoms with Crippen molar-refractivity contribution in [3.05, 3.63) is 48.0 Å². The van der Waals surface area contributed by atoms with Crippen LogP contribution in [-0.4, -0.2) is 65.7 Å². The van der Waals surface area contributed by atoms with Gasteiger partial charge >= 0.3 is 5.97 Å². The molecular formula is C21H23N5O6. The number of nitrogens with zero attached hydrogens (tertiary/aromatic N) is 4. The van der Waals surface area contributed by atoms with Crippen molar-refractivity contribution >= 4 is 23.0 Å². The number of rotatable bonds is 6. The van der Waals surface area contributed by atoms with E-state index in [1.807, 2.05) is 24.3 Å². The third kappa shape index (κ3) is 3.48. The third-order valence-corrected chi connectivity index (χ3v) is 6.16. The molecule has 2 aliphatic rings. The Morgan fingerprint density at radius 2 is 1.97 bits per heavy atom. The summed E-state index contributed by atoms with van der Waals surface area (Å²) in [6.45, 7) is 0.0251. The van der Waals surface area contributed by atoms with Gasteiger partial charge in [-0.05, 0) is 23.5 Å². The molecule has 32 heavy (non-hydrogen) atoms. The Kier molecular flexibility index (Phi) is 5.25. The minimum Gasteiger partial charge on any atom is -0.481 e. The normalized spacial score (nSPS) is 29.4. The number of nitrogen functional groups attached to an aromatic ring is 1. The molecule has 0 saturated carbocycles. The van der Waals surface area contributed by atoms with Crippen LogP contribution in [0.25, 0.3) is 11.2 Å². The number of fused-ring (bicyclic) bond motifs is 2. The van der Waals surface area contributed by atoms with Crippen LogP contribution >= 0.6 is 0 Å². The molecule has 0 radical (unpaired) electrons. The summed E-state index contributed by atoms with van der Waals surface area (Å²) in [5.41, 5.74) is 8.49. The maximum Gasteiger partial charge on any atom is 0.303 e. The molecule has 11 nitrogen and oxygen atoms in total. The summed E-state index contributed by atoms with van der Waals surface area (Å²) in [5, 5.41) is 30.4. The zero-order valence-electron chi connectivity index (χ0n) is 17.0. The number of carboxylic acids is 1. The van der Waals surface area contributed by atoms with E-state index in [4.69, 9.17) is 15.2 Å². The fourth-order valence-corrected chi connectivity index (χ4v) is 4.61. The Morgan fingerprint density at radius 1 is 1.19 bits per heavy atom. The number of aliphatic hydroxyl groups excluding tert-OH is 2. The molecule has 0 spiro atoms. The summed E-state index contributed by atoms with van der Waals surface area (Å²) in [4.78, 5) is 23.5. The van der Waals surface area contributed by atoms with Crippen molar-refractivity contribution < 1.29 is 29.6 Å². The molecule has 2 unspecified atom stereocenters. The van der Waals surface area contributed by atoms with Gasteiger partial charge in [-0.25, -0.2) is 15.0 Å². The second-order valence-corrected chi connectivity index (χ2v) is 8.11. The van der Waals surface area contributed by atoms with E-state index in [0.717, 1.165) is 11.1 Å². The van der Waals surface area contributed by atoms with E-state index in [1.165, 1.54) is 17.2 Å². The number of carbonyl (C=O) groups is 1. The van der Waals surface area contributed by atoms with Crippen LogP contribution in [0.2, 0.25) is 0 Å². The molecule has 5 N–H and O–H groups in total. The first-order chi connectivity index (χ1) is 15.4. The average Bonchev–Trinajstić information content (AvgIpc) is 3.43. The molecule has 11 heteroatoms. The van der Waals surface area contributed by atoms with Crippen molar-refractivity contribution in [2.24, 2.45) is 0 Å². The predicted molar refractivity (Wildman–Crippen MR) is 110 cm³/mol. The lowest BCUT2D eigenvalue weighted by molar-refractivity contribution is -0.137. The number of carboxylic acid groups (broad SMARTS) is 1. The van der Waals surface area contributed by atoms with Crippen molar-refractivity contribution in [2.75, 3.05) is 12.3 Å². The van der Waals surface area contributed by atoms with Crippen LogP contribution in [0.5, 0.6) is 0 Å². The first-order valence-electron chi connectivity index (χ1n) is 10.3. The molecule has 1 saturated heterocycles. The van der Waals surface area contributed by atoms with E-state index in [0.29, 0.717) is 17.6 Å². The van der Waals surface area contributed by atoms with Gasteiger partial charge in [0, 0.05) is 0 Å². The second kappa shape index (κ2) is 8.10. The highest BCUT2D eigenvalue weighted by Gasteiger charge is 2.45. The van der Waals surface area contributed by atoms with Gasteiger partial charge in [0.25, 0.3) is 0 Å². The summed E-state index contributed by atoms with van der Waals surface area (Å²) >= 11 is 0. The Morgan fingerprint density at radius 3 is 2.75 bits per heavy atom. The zero-order valence-corrected chi connectivity index (χ0v) is 17.0. The summed E-state index contributed by atoms with van der Waals surface area (Å²) in [6, 6.07) is 7.61. The first kappa shape index (κ1) is 20.8. The molecule has 1 aromatic carbocycles. The number of anilines is 1. The largest absolute Gasteiger partial charge is 0.481 e. The number of aliphatic carboxylic acids is 1. The quantitative estimate of drug-likeness (QED) is 0.429. The Labute approximate surface area is 182 Å². The maximum atomic E-state index is 11.2. The minimum absolute atomic E-state index is 0.0251. The van der Waals surface area contributed by atoms with E-state index >= 15 is 0 Å². The van der Waals surface area contributed by atoms with Gasteiger partial charge in [0.1, 0.15) is 30.2 Å². The van der Waals surface area contributed by atoms with E-state index in [2.05, 4.69) is 15.0 Å². The molecule has 5 rings (SSSR count). The molecule has 1 fully saturated rings. The second-order valence-electron chi connectivity index (χ2n) is 8.11. The van der Waals surface area contributed by atoms with Gasteiger partial charge in [-0.1, -0.05) is 24.3 Å². The molecule has 2 aromatic heterocycles. The number of nitrogens with two attached hydrogens (primary N) is 1. The molecule has 1 aliphatic carbocycles. The Hall–Kier alpha value is -3.12. The minimum atomic E-state index is -1.23. The van der Waals surface area contributed by atoms with Crippen LogP contribution in [0.1, 0.15) is 42.2 Å². The van der Waals surface area contributed by atoms with Crippen molar-refractivity contribution in [2.45, 2.75) is 49.4 Å². The van der Waals surface area contributed by atoms with Gasteiger partial charge in [0.2, 0.25) is 0 Å². The van der Waals surface area contributed by atoms with Crippen molar-refractivity contribution in [3.8, 4) is 0 Å². The average molecular weight is 441 g/mol. The lowest BCUT2D eigenvalue weighted by Gasteiger charge is -2.19. The molecule has 3 aromatic rings. The standard InChI is InChI=1S/C21H23N5O6/c22-19-16-20(24-8-23-19)26(9-25-16)21-18(30)17(29)14(32-21)7-31-13-5-10(6-15(27)28)11-3-1-2-4-12(11)13/h1-4,8-10,13-14,17-18,21,29-30H,5-7H2,(H,27,28)(H2,22,23,24)/t10?,13?,14-,17-,18-,21-/m1/s1. The lowest BCUT2D eigenvalue weighted by Crippen LogP contribution is -2.34. The van der Waals surface area contributed by atoms with Crippen LogP contribution in [0, 0.1) is 0 Å². The number of aromatic nitrogens is 4. The Balaban J connectivity index is 1.30.